The minimum Gasteiger partial charge on any atom is -0.394 e. The molecule has 0 aliphatic carbocycles. The average molecular weight is 1580 g/mol. The van der Waals surface area contributed by atoms with E-state index in [2.05, 4.69) is 141 Å². The van der Waals surface area contributed by atoms with E-state index in [0.29, 0.717) is 12.8 Å². The molecule has 3 saturated heterocycles. The molecular weight excluding hydrogens is 1420 g/mol. The van der Waals surface area contributed by atoms with Crippen molar-refractivity contribution in [2.45, 2.75) is 433 Å². The number of rotatable bonds is 71. The van der Waals surface area contributed by atoms with E-state index < -0.39 is 124 Å². The summed E-state index contributed by atoms with van der Waals surface area (Å²) in [6.45, 7) is 1.71. The van der Waals surface area contributed by atoms with Crippen LogP contribution in [0.5, 0.6) is 0 Å². The van der Waals surface area contributed by atoms with Gasteiger partial charge in [-0.1, -0.05) is 354 Å². The predicted octanol–water partition coefficient (Wildman–Crippen LogP) is 17.0. The van der Waals surface area contributed by atoms with Crippen molar-refractivity contribution in [1.82, 2.24) is 5.32 Å². The SMILES string of the molecule is CC/C=C\C/C=C\C/C=C\C/C=C\C/C=C\C/C=C\C/C=C\C/C=C\C/C=C\C/C=C\CCCCCCCCCCC(=O)NC(COC1OC(CO)C(OC2OC(CO)C(OC3OC(CO)C(O)C(O)C3O)C(O)C2O)C(O)C1O)C(O)CCCCCCCCCCCCCCCCCCCCCCCCCCCCCC. The second-order valence-corrected chi connectivity index (χ2v) is 31.3. The lowest BCUT2D eigenvalue weighted by Gasteiger charge is -2.48. The molecule has 3 heterocycles. The Hall–Kier alpha value is -3.81. The smallest absolute Gasteiger partial charge is 0.220 e. The van der Waals surface area contributed by atoms with Crippen LogP contribution in [-0.4, -0.2) is 193 Å². The van der Waals surface area contributed by atoms with E-state index in [1.807, 2.05) is 0 Å². The maximum atomic E-state index is 13.5. The standard InChI is InChI=1S/C93H161NO18/c1-3-5-7-9-11-13-15-17-19-21-23-25-27-29-31-33-34-35-36-37-38-39-40-41-42-43-45-47-49-51-53-55-57-59-61-63-65-67-69-71-81(99)94-76(77(98)70-68-66-64-62-60-58-56-54-52-50-48-46-44-32-30-28-26-24-22-20-18-16-14-12-10-8-6-4-2)75-107-91-87(105)84(102)89(79(73-96)109-91)112-93-88(106)85(103)90(80(74-97)110-93)111-92-86(104)83(101)82(100)78(72-95)108-92/h5,7,11,13,17,19,23,25,29,31,34-35,37-38,40-41,43,45,49,51,76-80,82-93,95-98,100-106H,3-4,6,8-10,12,14-16,18,20-22,24,26-28,30,32-33,36,39,42,44,46-48,50,52-75H2,1-2H3,(H,94,99)/b7-5-,13-11-,19-17-,25-23-,31-29-,35-34-,38-37-,41-40-,45-43-,51-49-. The van der Waals surface area contributed by atoms with Crippen LogP contribution < -0.4 is 5.32 Å². The van der Waals surface area contributed by atoms with Crippen LogP contribution in [-0.2, 0) is 33.2 Å². The van der Waals surface area contributed by atoms with Gasteiger partial charge in [0.15, 0.2) is 18.9 Å². The fraction of sp³-hybridized carbons (Fsp3) is 0.774. The van der Waals surface area contributed by atoms with Crippen molar-refractivity contribution in [2.24, 2.45) is 0 Å². The summed E-state index contributed by atoms with van der Waals surface area (Å²) >= 11 is 0. The number of ether oxygens (including phenoxy) is 6. The van der Waals surface area contributed by atoms with Crippen molar-refractivity contribution in [1.29, 1.82) is 0 Å². The molecule has 3 rings (SSSR count). The van der Waals surface area contributed by atoms with Gasteiger partial charge in [0.2, 0.25) is 5.91 Å². The van der Waals surface area contributed by atoms with E-state index in [1.54, 1.807) is 0 Å². The van der Waals surface area contributed by atoms with Gasteiger partial charge in [0.25, 0.3) is 0 Å². The van der Waals surface area contributed by atoms with E-state index in [1.165, 1.54) is 167 Å². The number of carbonyl (C=O) groups is 1. The van der Waals surface area contributed by atoms with Gasteiger partial charge in [-0.15, -0.1) is 0 Å². The number of hydrogen-bond acceptors (Lipinski definition) is 18. The monoisotopic (exact) mass is 1580 g/mol. The van der Waals surface area contributed by atoms with E-state index in [4.69, 9.17) is 28.4 Å². The number of unbranched alkanes of at least 4 members (excludes halogenated alkanes) is 35. The molecule has 0 saturated carbocycles. The van der Waals surface area contributed by atoms with Crippen molar-refractivity contribution in [2.75, 3.05) is 26.4 Å². The summed E-state index contributed by atoms with van der Waals surface area (Å²) in [5, 5.41) is 121. The summed E-state index contributed by atoms with van der Waals surface area (Å²) in [5.74, 6) is -0.252. The molecular formula is C93H161NO18. The second-order valence-electron chi connectivity index (χ2n) is 31.3. The number of nitrogens with one attached hydrogen (secondary N) is 1. The van der Waals surface area contributed by atoms with E-state index in [-0.39, 0.29) is 18.9 Å². The van der Waals surface area contributed by atoms with Crippen LogP contribution in [0, 0.1) is 0 Å². The fourth-order valence-electron chi connectivity index (χ4n) is 14.5. The molecule has 19 nitrogen and oxygen atoms in total. The van der Waals surface area contributed by atoms with Crippen LogP contribution in [0.25, 0.3) is 0 Å². The van der Waals surface area contributed by atoms with Crippen molar-refractivity contribution >= 4 is 5.91 Å². The van der Waals surface area contributed by atoms with Crippen LogP contribution in [0.3, 0.4) is 0 Å². The number of amides is 1. The van der Waals surface area contributed by atoms with E-state index >= 15 is 0 Å². The molecule has 0 radical (unpaired) electrons. The highest BCUT2D eigenvalue weighted by Gasteiger charge is 2.54. The molecule has 112 heavy (non-hydrogen) atoms. The van der Waals surface area contributed by atoms with Gasteiger partial charge in [-0.25, -0.2) is 0 Å². The van der Waals surface area contributed by atoms with Crippen molar-refractivity contribution < 1.29 is 89.4 Å². The Labute approximate surface area is 678 Å². The van der Waals surface area contributed by atoms with Gasteiger partial charge in [-0.3, -0.25) is 4.79 Å². The molecule has 17 unspecified atom stereocenters. The maximum absolute atomic E-state index is 13.5. The van der Waals surface area contributed by atoms with Crippen molar-refractivity contribution in [3.05, 3.63) is 122 Å². The molecule has 646 valence electrons. The highest BCUT2D eigenvalue weighted by Crippen LogP contribution is 2.33. The first-order valence-electron chi connectivity index (χ1n) is 44.8. The third-order valence-electron chi connectivity index (χ3n) is 21.6. The molecule has 3 aliphatic rings. The topological polar surface area (TPSA) is 307 Å². The zero-order valence-corrected chi connectivity index (χ0v) is 69.6. The van der Waals surface area contributed by atoms with Crippen molar-refractivity contribution in [3.8, 4) is 0 Å². The Morgan fingerprint density at radius 2 is 0.616 bits per heavy atom. The molecule has 0 spiro atoms. The lowest BCUT2D eigenvalue weighted by Crippen LogP contribution is -2.66. The molecule has 19 heteroatoms. The minimum absolute atomic E-state index is 0.250. The Kier molecular flexibility index (Phi) is 65.2. The van der Waals surface area contributed by atoms with Gasteiger partial charge in [-0.05, 0) is 89.9 Å². The van der Waals surface area contributed by atoms with Gasteiger partial charge >= 0.3 is 0 Å². The van der Waals surface area contributed by atoms with Crippen molar-refractivity contribution in [3.63, 3.8) is 0 Å². The Morgan fingerprint density at radius 1 is 0.330 bits per heavy atom. The Bertz CT molecular complexity index is 2500. The third kappa shape index (κ3) is 49.4. The van der Waals surface area contributed by atoms with E-state index in [9.17, 15) is 61.0 Å². The van der Waals surface area contributed by atoms with E-state index in [0.717, 1.165) is 128 Å². The molecule has 0 aromatic rings. The number of aliphatic hydroxyl groups excluding tert-OH is 11. The summed E-state index contributed by atoms with van der Waals surface area (Å²) in [4.78, 5) is 13.5. The number of carbonyl (C=O) groups excluding carboxylic acids is 1. The van der Waals surface area contributed by atoms with Crippen LogP contribution in [0.1, 0.15) is 328 Å². The maximum Gasteiger partial charge on any atom is 0.220 e. The molecule has 3 fully saturated rings. The Balaban J connectivity index is 1.34. The number of allylic oxidation sites excluding steroid dienone is 20. The summed E-state index contributed by atoms with van der Waals surface area (Å²) < 4.78 is 34.6. The lowest BCUT2D eigenvalue weighted by molar-refractivity contribution is -0.379. The number of aliphatic hydroxyl groups is 11. The first kappa shape index (κ1) is 102. The Morgan fingerprint density at radius 3 is 0.964 bits per heavy atom. The molecule has 0 aromatic heterocycles. The van der Waals surface area contributed by atoms with Crippen LogP contribution in [0.2, 0.25) is 0 Å². The molecule has 3 aliphatic heterocycles. The van der Waals surface area contributed by atoms with Gasteiger partial charge in [0.05, 0.1) is 38.6 Å². The van der Waals surface area contributed by atoms with Crippen LogP contribution in [0.15, 0.2) is 122 Å². The molecule has 0 aromatic carbocycles. The quantitative estimate of drug-likeness (QED) is 0.0199. The predicted molar refractivity (Wildman–Crippen MR) is 452 cm³/mol. The average Bonchev–Trinajstić information content (AvgIpc) is 0.780. The zero-order valence-electron chi connectivity index (χ0n) is 69.6. The molecule has 1 amide bonds. The molecule has 12 N–H and O–H groups in total. The highest BCUT2D eigenvalue weighted by molar-refractivity contribution is 5.76. The normalized spacial score (nSPS) is 25.5. The van der Waals surface area contributed by atoms with Gasteiger partial charge < -0.3 is 89.9 Å². The van der Waals surface area contributed by atoms with Gasteiger partial charge in [0, 0.05) is 6.42 Å². The first-order valence-corrected chi connectivity index (χ1v) is 44.8. The summed E-state index contributed by atoms with van der Waals surface area (Å²) in [6, 6.07) is -0.903. The third-order valence-corrected chi connectivity index (χ3v) is 21.6. The van der Waals surface area contributed by atoms with Crippen LogP contribution in [0.4, 0.5) is 0 Å². The first-order chi connectivity index (χ1) is 54.8. The highest BCUT2D eigenvalue weighted by atomic mass is 16.8. The summed E-state index contributed by atoms with van der Waals surface area (Å²) in [5.41, 5.74) is 0. The van der Waals surface area contributed by atoms with Gasteiger partial charge in [0.1, 0.15) is 73.2 Å². The molecule has 17 atom stereocenters. The second kappa shape index (κ2) is 71.3. The minimum atomic E-state index is -1.98. The number of hydrogen-bond donors (Lipinski definition) is 12. The largest absolute Gasteiger partial charge is 0.394 e. The van der Waals surface area contributed by atoms with Crippen LogP contribution >= 0.6 is 0 Å². The van der Waals surface area contributed by atoms with Gasteiger partial charge in [-0.2, -0.15) is 0 Å². The fourth-order valence-corrected chi connectivity index (χ4v) is 14.5. The lowest BCUT2D eigenvalue weighted by atomic mass is 9.96. The summed E-state index contributed by atoms with van der Waals surface area (Å²) in [7, 11) is 0. The zero-order chi connectivity index (χ0) is 81.0. The molecule has 0 bridgehead atoms. The summed E-state index contributed by atoms with van der Waals surface area (Å²) in [6.07, 6.45) is 74.3.